The fraction of sp³-hybridized carbons (Fsp3) is 0.538. The Hall–Kier alpha value is -1.06. The second-order valence-corrected chi connectivity index (χ2v) is 4.65. The van der Waals surface area contributed by atoms with Gasteiger partial charge in [0.2, 0.25) is 0 Å². The second kappa shape index (κ2) is 4.85. The number of hydrogen-bond donors (Lipinski definition) is 1. The van der Waals surface area contributed by atoms with Gasteiger partial charge in [0.1, 0.15) is 0 Å². The first-order chi connectivity index (χ1) is 7.66. The van der Waals surface area contributed by atoms with Gasteiger partial charge in [0.25, 0.3) is 0 Å². The van der Waals surface area contributed by atoms with Crippen LogP contribution in [0.2, 0.25) is 0 Å². The Morgan fingerprint density at radius 1 is 1.19 bits per heavy atom. The fourth-order valence-corrected chi connectivity index (χ4v) is 2.18. The van der Waals surface area contributed by atoms with Gasteiger partial charge in [-0.1, -0.05) is 12.1 Å². The zero-order valence-corrected chi connectivity index (χ0v) is 10.0. The molecule has 2 rings (SSSR count). The maximum Gasteiger partial charge on any atom is 0.0620 e. The molecule has 0 radical (unpaired) electrons. The van der Waals surface area contributed by atoms with Crippen LogP contribution in [0.4, 0.5) is 5.69 Å². The van der Waals surface area contributed by atoms with Crippen LogP contribution in [0.5, 0.6) is 0 Å². The summed E-state index contributed by atoms with van der Waals surface area (Å²) in [6, 6.07) is 9.10. The van der Waals surface area contributed by atoms with E-state index in [1.807, 2.05) is 12.1 Å². The van der Waals surface area contributed by atoms with E-state index in [1.165, 1.54) is 5.56 Å². The minimum atomic E-state index is 0.487. The molecule has 0 bridgehead atoms. The molecule has 0 aliphatic carbocycles. The van der Waals surface area contributed by atoms with Gasteiger partial charge in [-0.25, -0.2) is 0 Å². The number of benzene rings is 1. The maximum absolute atomic E-state index is 5.68. The third-order valence-corrected chi connectivity index (χ3v) is 3.20. The van der Waals surface area contributed by atoms with E-state index in [0.29, 0.717) is 12.1 Å². The number of nitrogen functional groups attached to an aromatic ring is 1. The quantitative estimate of drug-likeness (QED) is 0.773. The van der Waals surface area contributed by atoms with Gasteiger partial charge in [0.15, 0.2) is 0 Å². The predicted octanol–water partition coefficient (Wildman–Crippen LogP) is 1.88. The Morgan fingerprint density at radius 3 is 2.31 bits per heavy atom. The SMILES string of the molecule is CC1COCC(C)N1Cc1ccc(N)cc1. The Balaban J connectivity index is 2.04. The number of hydrogen-bond acceptors (Lipinski definition) is 3. The van der Waals surface area contributed by atoms with Gasteiger partial charge in [0.05, 0.1) is 13.2 Å². The van der Waals surface area contributed by atoms with Crippen LogP contribution in [0.25, 0.3) is 0 Å². The highest BCUT2D eigenvalue weighted by Gasteiger charge is 2.24. The lowest BCUT2D eigenvalue weighted by Gasteiger charge is -2.38. The number of rotatable bonds is 2. The molecule has 88 valence electrons. The highest BCUT2D eigenvalue weighted by Crippen LogP contribution is 2.17. The summed E-state index contributed by atoms with van der Waals surface area (Å²) in [6.07, 6.45) is 0. The molecule has 1 fully saturated rings. The lowest BCUT2D eigenvalue weighted by molar-refractivity contribution is -0.0409. The zero-order valence-electron chi connectivity index (χ0n) is 10.0. The summed E-state index contributed by atoms with van der Waals surface area (Å²) in [5.74, 6) is 0. The minimum Gasteiger partial charge on any atom is -0.399 e. The molecule has 1 aliphatic rings. The van der Waals surface area contributed by atoms with Gasteiger partial charge in [-0.15, -0.1) is 0 Å². The molecule has 1 aromatic rings. The van der Waals surface area contributed by atoms with E-state index in [0.717, 1.165) is 25.4 Å². The monoisotopic (exact) mass is 220 g/mol. The topological polar surface area (TPSA) is 38.5 Å². The average Bonchev–Trinajstić information content (AvgIpc) is 2.26. The Morgan fingerprint density at radius 2 is 1.75 bits per heavy atom. The molecule has 2 atom stereocenters. The van der Waals surface area contributed by atoms with E-state index in [1.54, 1.807) is 0 Å². The number of anilines is 1. The van der Waals surface area contributed by atoms with Crippen LogP contribution < -0.4 is 5.73 Å². The molecular weight excluding hydrogens is 200 g/mol. The summed E-state index contributed by atoms with van der Waals surface area (Å²) < 4.78 is 5.52. The normalized spacial score (nSPS) is 26.9. The van der Waals surface area contributed by atoms with Crippen LogP contribution in [0.1, 0.15) is 19.4 Å². The summed E-state index contributed by atoms with van der Waals surface area (Å²) >= 11 is 0. The van der Waals surface area contributed by atoms with Crippen molar-refractivity contribution in [3.05, 3.63) is 29.8 Å². The molecule has 0 spiro atoms. The van der Waals surface area contributed by atoms with Crippen molar-refractivity contribution in [2.45, 2.75) is 32.5 Å². The van der Waals surface area contributed by atoms with Crippen molar-refractivity contribution in [2.75, 3.05) is 18.9 Å². The van der Waals surface area contributed by atoms with Gasteiger partial charge < -0.3 is 10.5 Å². The molecule has 1 aromatic carbocycles. The number of nitrogens with zero attached hydrogens (tertiary/aromatic N) is 1. The molecule has 1 aliphatic heterocycles. The average molecular weight is 220 g/mol. The van der Waals surface area contributed by atoms with Gasteiger partial charge in [-0.3, -0.25) is 4.90 Å². The van der Waals surface area contributed by atoms with Crippen molar-refractivity contribution in [2.24, 2.45) is 0 Å². The van der Waals surface area contributed by atoms with Crippen LogP contribution in [0, 0.1) is 0 Å². The van der Waals surface area contributed by atoms with E-state index in [-0.39, 0.29) is 0 Å². The largest absolute Gasteiger partial charge is 0.399 e. The van der Waals surface area contributed by atoms with E-state index < -0.39 is 0 Å². The van der Waals surface area contributed by atoms with Gasteiger partial charge in [-0.05, 0) is 31.5 Å². The second-order valence-electron chi connectivity index (χ2n) is 4.65. The van der Waals surface area contributed by atoms with E-state index in [4.69, 9.17) is 10.5 Å². The number of nitrogens with two attached hydrogens (primary N) is 1. The van der Waals surface area contributed by atoms with Crippen LogP contribution in [0.3, 0.4) is 0 Å². The molecular formula is C13H20N2O. The van der Waals surface area contributed by atoms with Gasteiger partial charge in [0, 0.05) is 24.3 Å². The molecule has 0 saturated carbocycles. The molecule has 0 aromatic heterocycles. The van der Waals surface area contributed by atoms with Crippen molar-refractivity contribution >= 4 is 5.69 Å². The minimum absolute atomic E-state index is 0.487. The first-order valence-corrected chi connectivity index (χ1v) is 5.84. The Bertz CT molecular complexity index is 326. The summed E-state index contributed by atoms with van der Waals surface area (Å²) in [5, 5.41) is 0. The Kier molecular flexibility index (Phi) is 3.46. The van der Waals surface area contributed by atoms with Crippen molar-refractivity contribution in [1.82, 2.24) is 4.90 Å². The fourth-order valence-electron chi connectivity index (χ4n) is 2.18. The standard InChI is InChI=1S/C13H20N2O/c1-10-8-16-9-11(2)15(10)7-12-3-5-13(14)6-4-12/h3-6,10-11H,7-9,14H2,1-2H3. The lowest BCUT2D eigenvalue weighted by Crippen LogP contribution is -2.48. The smallest absolute Gasteiger partial charge is 0.0620 e. The third kappa shape index (κ3) is 2.54. The van der Waals surface area contributed by atoms with Crippen LogP contribution >= 0.6 is 0 Å². The number of ether oxygens (including phenoxy) is 1. The summed E-state index contributed by atoms with van der Waals surface area (Å²) in [5.41, 5.74) is 7.82. The first kappa shape index (κ1) is 11.4. The van der Waals surface area contributed by atoms with Crippen molar-refractivity contribution in [3.8, 4) is 0 Å². The van der Waals surface area contributed by atoms with Crippen molar-refractivity contribution < 1.29 is 4.74 Å². The predicted molar refractivity (Wildman–Crippen MR) is 66.1 cm³/mol. The maximum atomic E-state index is 5.68. The van der Waals surface area contributed by atoms with Crippen LogP contribution in [-0.2, 0) is 11.3 Å². The molecule has 0 amide bonds. The highest BCUT2D eigenvalue weighted by atomic mass is 16.5. The lowest BCUT2D eigenvalue weighted by atomic mass is 10.1. The summed E-state index contributed by atoms with van der Waals surface area (Å²) in [4.78, 5) is 2.48. The van der Waals surface area contributed by atoms with Crippen LogP contribution in [0.15, 0.2) is 24.3 Å². The van der Waals surface area contributed by atoms with Crippen molar-refractivity contribution in [3.63, 3.8) is 0 Å². The molecule has 16 heavy (non-hydrogen) atoms. The van der Waals surface area contributed by atoms with Crippen molar-refractivity contribution in [1.29, 1.82) is 0 Å². The van der Waals surface area contributed by atoms with Gasteiger partial charge >= 0.3 is 0 Å². The number of morpholine rings is 1. The van der Waals surface area contributed by atoms with E-state index in [9.17, 15) is 0 Å². The Labute approximate surface area is 97.2 Å². The molecule has 3 nitrogen and oxygen atoms in total. The molecule has 1 saturated heterocycles. The zero-order chi connectivity index (χ0) is 11.5. The van der Waals surface area contributed by atoms with E-state index >= 15 is 0 Å². The molecule has 2 unspecified atom stereocenters. The van der Waals surface area contributed by atoms with E-state index in [2.05, 4.69) is 30.9 Å². The van der Waals surface area contributed by atoms with Gasteiger partial charge in [-0.2, -0.15) is 0 Å². The highest BCUT2D eigenvalue weighted by molar-refractivity contribution is 5.39. The molecule has 2 N–H and O–H groups in total. The third-order valence-electron chi connectivity index (χ3n) is 3.20. The molecule has 1 heterocycles. The molecule has 3 heteroatoms. The first-order valence-electron chi connectivity index (χ1n) is 5.84. The van der Waals surface area contributed by atoms with Crippen LogP contribution in [-0.4, -0.2) is 30.2 Å². The summed E-state index contributed by atoms with van der Waals surface area (Å²) in [7, 11) is 0. The summed E-state index contributed by atoms with van der Waals surface area (Å²) in [6.45, 7) is 7.07.